The van der Waals surface area contributed by atoms with Gasteiger partial charge in [0.2, 0.25) is 0 Å². The number of nitrogens with zero attached hydrogens (tertiary/aromatic N) is 4. The van der Waals surface area contributed by atoms with E-state index in [9.17, 15) is 14.4 Å². The van der Waals surface area contributed by atoms with Crippen LogP contribution in [0, 0.1) is 0 Å². The number of benzene rings is 1. The Hall–Kier alpha value is -3.57. The lowest BCUT2D eigenvalue weighted by atomic mass is 9.72. The molecule has 2 aliphatic rings. The summed E-state index contributed by atoms with van der Waals surface area (Å²) in [6.45, 7) is 2.49. The molecule has 1 saturated carbocycles. The lowest BCUT2D eigenvalue weighted by Crippen LogP contribution is -2.62. The van der Waals surface area contributed by atoms with E-state index in [-0.39, 0.29) is 5.15 Å². The lowest BCUT2D eigenvalue weighted by Gasteiger charge is -2.47. The number of ether oxygens (including phenoxy) is 4. The van der Waals surface area contributed by atoms with Crippen LogP contribution in [0.5, 0.6) is 0 Å². The van der Waals surface area contributed by atoms with Crippen LogP contribution in [0.25, 0.3) is 11.2 Å². The largest absolute Gasteiger partial charge is 0.456 e. The molecule has 3 aromatic rings. The molecule has 0 bridgehead atoms. The predicted molar refractivity (Wildman–Crippen MR) is 119 cm³/mol. The van der Waals surface area contributed by atoms with Gasteiger partial charge in [-0.25, -0.2) is 19.7 Å². The third-order valence-electron chi connectivity index (χ3n) is 6.19. The number of rotatable bonds is 5. The summed E-state index contributed by atoms with van der Waals surface area (Å²) in [6.07, 6.45) is -0.297. The van der Waals surface area contributed by atoms with Gasteiger partial charge in [-0.05, 0) is 25.0 Å². The van der Waals surface area contributed by atoms with Crippen LogP contribution in [0.3, 0.4) is 0 Å². The number of carbonyl (C=O) groups excluding carboxylic acids is 3. The van der Waals surface area contributed by atoms with Crippen molar-refractivity contribution in [3.05, 3.63) is 53.7 Å². The van der Waals surface area contributed by atoms with Crippen LogP contribution >= 0.6 is 11.6 Å². The van der Waals surface area contributed by atoms with E-state index in [1.807, 2.05) is 0 Å². The number of aromatic nitrogens is 4. The fourth-order valence-electron chi connectivity index (χ4n) is 4.61. The number of hydrogen-bond donors (Lipinski definition) is 0. The van der Waals surface area contributed by atoms with E-state index >= 15 is 0 Å². The molecule has 11 nitrogen and oxygen atoms in total. The van der Waals surface area contributed by atoms with Crippen LogP contribution in [0.2, 0.25) is 5.15 Å². The van der Waals surface area contributed by atoms with E-state index in [2.05, 4.69) is 15.0 Å². The van der Waals surface area contributed by atoms with Gasteiger partial charge in [-0.3, -0.25) is 14.2 Å². The van der Waals surface area contributed by atoms with Gasteiger partial charge in [-0.2, -0.15) is 0 Å². The lowest BCUT2D eigenvalue weighted by molar-refractivity contribution is -0.221. The first-order valence-corrected chi connectivity index (χ1v) is 11.3. The van der Waals surface area contributed by atoms with E-state index < -0.39 is 48.0 Å². The summed E-state index contributed by atoms with van der Waals surface area (Å²) in [5.41, 5.74) is -0.210. The van der Waals surface area contributed by atoms with Gasteiger partial charge in [0.05, 0.1) is 11.9 Å². The Morgan fingerprint density at radius 3 is 2.46 bits per heavy atom. The van der Waals surface area contributed by atoms with Crippen molar-refractivity contribution >= 4 is 40.7 Å². The SMILES string of the molecule is CC(=O)OC1[C@H](OC(C)=O)C(n2cnc3c(Cl)ncnc32)O[C@@]12CC[C@H]2OC(=O)c1ccccc1. The van der Waals surface area contributed by atoms with Crippen molar-refractivity contribution in [1.29, 1.82) is 0 Å². The highest BCUT2D eigenvalue weighted by molar-refractivity contribution is 6.33. The summed E-state index contributed by atoms with van der Waals surface area (Å²) in [7, 11) is 0. The molecule has 1 aliphatic carbocycles. The molecule has 0 radical (unpaired) electrons. The standard InChI is InChI=1S/C23H21ClN4O7/c1-12(29)32-17-18(33-13(2)30)23(9-8-15(23)34-22(31)14-6-4-3-5-7-14)35-21(17)28-11-27-16-19(24)25-10-26-20(16)28/h3-7,10-11,15,17-18,21H,8-9H2,1-2H3/t15-,17+,18?,21?,23-/m1/s1. The molecule has 12 heteroatoms. The van der Waals surface area contributed by atoms with Crippen molar-refractivity contribution in [2.24, 2.45) is 0 Å². The normalized spacial score (nSPS) is 27.4. The number of carbonyl (C=O) groups is 3. The molecule has 0 N–H and O–H groups in total. The van der Waals surface area contributed by atoms with Crippen molar-refractivity contribution in [3.63, 3.8) is 0 Å². The minimum Gasteiger partial charge on any atom is -0.456 e. The highest BCUT2D eigenvalue weighted by atomic mass is 35.5. The van der Waals surface area contributed by atoms with Gasteiger partial charge in [0.1, 0.15) is 23.5 Å². The molecule has 3 heterocycles. The van der Waals surface area contributed by atoms with E-state index in [1.54, 1.807) is 30.3 Å². The zero-order chi connectivity index (χ0) is 24.7. The second-order valence-electron chi connectivity index (χ2n) is 8.35. The monoisotopic (exact) mass is 500 g/mol. The number of imidazole rings is 1. The average Bonchev–Trinajstić information content (AvgIpc) is 3.38. The first kappa shape index (κ1) is 23.2. The molecule has 0 amide bonds. The molecule has 1 aliphatic heterocycles. The summed E-state index contributed by atoms with van der Waals surface area (Å²) in [6, 6.07) is 8.52. The van der Waals surface area contributed by atoms with Crippen LogP contribution in [-0.4, -0.2) is 61.3 Å². The quantitative estimate of drug-likeness (QED) is 0.292. The summed E-state index contributed by atoms with van der Waals surface area (Å²) >= 11 is 6.15. The third kappa shape index (κ3) is 4.00. The van der Waals surface area contributed by atoms with Crippen LogP contribution in [0.1, 0.15) is 43.3 Å². The summed E-state index contributed by atoms with van der Waals surface area (Å²) in [5, 5.41) is 0.139. The zero-order valence-corrected chi connectivity index (χ0v) is 19.5. The van der Waals surface area contributed by atoms with Crippen molar-refractivity contribution in [1.82, 2.24) is 19.5 Å². The van der Waals surface area contributed by atoms with Gasteiger partial charge >= 0.3 is 17.9 Å². The molecular weight excluding hydrogens is 480 g/mol. The highest BCUT2D eigenvalue weighted by Crippen LogP contribution is 2.53. The molecule has 1 spiro atoms. The number of halogens is 1. The van der Waals surface area contributed by atoms with E-state index in [4.69, 9.17) is 30.5 Å². The summed E-state index contributed by atoms with van der Waals surface area (Å²) in [4.78, 5) is 49.3. The summed E-state index contributed by atoms with van der Waals surface area (Å²) < 4.78 is 25.0. The van der Waals surface area contributed by atoms with Crippen molar-refractivity contribution < 1.29 is 33.3 Å². The Morgan fingerprint density at radius 1 is 1.06 bits per heavy atom. The average molecular weight is 501 g/mol. The van der Waals surface area contributed by atoms with Crippen LogP contribution in [-0.2, 0) is 28.5 Å². The van der Waals surface area contributed by atoms with Gasteiger partial charge in [0, 0.05) is 13.8 Å². The van der Waals surface area contributed by atoms with Gasteiger partial charge in [-0.15, -0.1) is 0 Å². The molecule has 2 fully saturated rings. The number of esters is 3. The molecule has 5 atom stereocenters. The van der Waals surface area contributed by atoms with Crippen molar-refractivity contribution in [3.8, 4) is 0 Å². The van der Waals surface area contributed by atoms with Crippen molar-refractivity contribution in [2.75, 3.05) is 0 Å². The molecule has 2 unspecified atom stereocenters. The maximum absolute atomic E-state index is 12.8. The number of hydrogen-bond acceptors (Lipinski definition) is 10. The zero-order valence-electron chi connectivity index (χ0n) is 18.8. The van der Waals surface area contributed by atoms with E-state index in [1.165, 1.54) is 31.1 Å². The van der Waals surface area contributed by atoms with E-state index in [0.29, 0.717) is 29.6 Å². The predicted octanol–water partition coefficient (Wildman–Crippen LogP) is 2.63. The maximum Gasteiger partial charge on any atom is 0.338 e. The molecule has 35 heavy (non-hydrogen) atoms. The molecule has 1 aromatic carbocycles. The van der Waals surface area contributed by atoms with Crippen LogP contribution in [0.15, 0.2) is 43.0 Å². The second kappa shape index (κ2) is 8.90. The maximum atomic E-state index is 12.8. The minimum absolute atomic E-state index is 0.139. The molecule has 1 saturated heterocycles. The van der Waals surface area contributed by atoms with Crippen LogP contribution in [0.4, 0.5) is 0 Å². The van der Waals surface area contributed by atoms with Crippen LogP contribution < -0.4 is 0 Å². The van der Waals surface area contributed by atoms with Gasteiger partial charge < -0.3 is 18.9 Å². The minimum atomic E-state index is -1.24. The molecule has 5 rings (SSSR count). The Labute approximate surface area is 204 Å². The molecule has 182 valence electrons. The Morgan fingerprint density at radius 2 is 1.80 bits per heavy atom. The van der Waals surface area contributed by atoms with E-state index in [0.717, 1.165) is 0 Å². The van der Waals surface area contributed by atoms with Gasteiger partial charge in [0.25, 0.3) is 0 Å². The highest BCUT2D eigenvalue weighted by Gasteiger charge is 2.68. The fraction of sp³-hybridized carbons (Fsp3) is 0.391. The van der Waals surface area contributed by atoms with Crippen molar-refractivity contribution in [2.45, 2.75) is 56.8 Å². The second-order valence-corrected chi connectivity index (χ2v) is 8.71. The first-order chi connectivity index (χ1) is 16.8. The smallest absolute Gasteiger partial charge is 0.338 e. The molecule has 2 aromatic heterocycles. The van der Waals surface area contributed by atoms with Gasteiger partial charge in [0.15, 0.2) is 29.2 Å². The Kier molecular flexibility index (Phi) is 5.89. The Balaban J connectivity index is 1.54. The number of fused-ring (bicyclic) bond motifs is 1. The van der Waals surface area contributed by atoms with Gasteiger partial charge in [-0.1, -0.05) is 29.8 Å². The topological polar surface area (TPSA) is 132 Å². The first-order valence-electron chi connectivity index (χ1n) is 10.9. The third-order valence-corrected chi connectivity index (χ3v) is 6.46. The molecular formula is C23H21ClN4O7. The fourth-order valence-corrected chi connectivity index (χ4v) is 4.78. The summed E-state index contributed by atoms with van der Waals surface area (Å²) in [5.74, 6) is -1.75. The Bertz CT molecular complexity index is 1300.